The van der Waals surface area contributed by atoms with Crippen LogP contribution in [0.15, 0.2) is 12.4 Å². The third kappa shape index (κ3) is 3.56. The SMILES string of the molecule is CC1CCC(CN)(C(=O)NCCCn2ccnn2)CC1. The van der Waals surface area contributed by atoms with Gasteiger partial charge in [-0.3, -0.25) is 9.48 Å². The molecule has 1 fully saturated rings. The van der Waals surface area contributed by atoms with Gasteiger partial charge in [-0.25, -0.2) is 0 Å². The number of nitrogens with zero attached hydrogens (tertiary/aromatic N) is 3. The average Bonchev–Trinajstić information content (AvgIpc) is 2.98. The highest BCUT2D eigenvalue weighted by Gasteiger charge is 2.39. The Morgan fingerprint density at radius 3 is 2.85 bits per heavy atom. The number of aryl methyl sites for hydroxylation is 1. The predicted octanol–water partition coefficient (Wildman–Crippen LogP) is 0.940. The standard InChI is InChI=1S/C14H25N5O/c1-12-3-5-14(11-15,6-4-12)13(20)16-7-2-9-19-10-8-17-18-19/h8,10,12H,2-7,9,11,15H2,1H3,(H,16,20). The van der Waals surface area contributed by atoms with Crippen LogP contribution < -0.4 is 11.1 Å². The highest BCUT2D eigenvalue weighted by Crippen LogP contribution is 2.38. The predicted molar refractivity (Wildman–Crippen MR) is 76.8 cm³/mol. The largest absolute Gasteiger partial charge is 0.356 e. The number of hydrogen-bond donors (Lipinski definition) is 2. The maximum atomic E-state index is 12.4. The maximum absolute atomic E-state index is 12.4. The van der Waals surface area contributed by atoms with E-state index in [1.54, 1.807) is 10.9 Å². The minimum absolute atomic E-state index is 0.130. The molecule has 0 atom stereocenters. The van der Waals surface area contributed by atoms with Gasteiger partial charge in [0.15, 0.2) is 0 Å². The third-order valence-corrected chi connectivity index (χ3v) is 4.43. The van der Waals surface area contributed by atoms with Crippen LogP contribution in [0.3, 0.4) is 0 Å². The molecule has 0 saturated heterocycles. The molecule has 1 saturated carbocycles. The van der Waals surface area contributed by atoms with Crippen molar-refractivity contribution in [1.29, 1.82) is 0 Å². The van der Waals surface area contributed by atoms with Gasteiger partial charge in [0.1, 0.15) is 0 Å². The van der Waals surface area contributed by atoms with Crippen LogP contribution in [0.4, 0.5) is 0 Å². The number of nitrogens with one attached hydrogen (secondary N) is 1. The summed E-state index contributed by atoms with van der Waals surface area (Å²) in [7, 11) is 0. The zero-order chi connectivity index (χ0) is 14.4. The van der Waals surface area contributed by atoms with E-state index < -0.39 is 0 Å². The zero-order valence-electron chi connectivity index (χ0n) is 12.2. The van der Waals surface area contributed by atoms with Crippen molar-refractivity contribution in [1.82, 2.24) is 20.3 Å². The van der Waals surface area contributed by atoms with Gasteiger partial charge < -0.3 is 11.1 Å². The molecule has 1 aromatic heterocycles. The van der Waals surface area contributed by atoms with E-state index in [-0.39, 0.29) is 11.3 Å². The van der Waals surface area contributed by atoms with E-state index in [0.717, 1.165) is 44.6 Å². The minimum atomic E-state index is -0.334. The van der Waals surface area contributed by atoms with E-state index in [2.05, 4.69) is 22.6 Å². The molecule has 0 spiro atoms. The Balaban J connectivity index is 1.75. The van der Waals surface area contributed by atoms with Crippen molar-refractivity contribution in [2.75, 3.05) is 13.1 Å². The molecule has 0 radical (unpaired) electrons. The van der Waals surface area contributed by atoms with Gasteiger partial charge in [-0.1, -0.05) is 12.1 Å². The quantitative estimate of drug-likeness (QED) is 0.759. The molecule has 1 aromatic rings. The van der Waals surface area contributed by atoms with Crippen LogP contribution in [0.2, 0.25) is 0 Å². The monoisotopic (exact) mass is 279 g/mol. The fourth-order valence-electron chi connectivity index (χ4n) is 2.82. The van der Waals surface area contributed by atoms with Crippen LogP contribution >= 0.6 is 0 Å². The first-order valence-corrected chi connectivity index (χ1v) is 7.49. The Labute approximate surface area is 120 Å². The first-order valence-electron chi connectivity index (χ1n) is 7.49. The number of rotatable bonds is 6. The van der Waals surface area contributed by atoms with Gasteiger partial charge in [0.05, 0.1) is 11.6 Å². The van der Waals surface area contributed by atoms with Crippen LogP contribution in [0.25, 0.3) is 0 Å². The summed E-state index contributed by atoms with van der Waals surface area (Å²) >= 11 is 0. The molecular formula is C14H25N5O. The molecule has 1 heterocycles. The van der Waals surface area contributed by atoms with Gasteiger partial charge in [0.25, 0.3) is 0 Å². The smallest absolute Gasteiger partial charge is 0.227 e. The molecule has 2 rings (SSSR count). The molecule has 0 aromatic carbocycles. The molecule has 112 valence electrons. The Hall–Kier alpha value is -1.43. The summed E-state index contributed by atoms with van der Waals surface area (Å²) in [6.45, 7) is 4.13. The topological polar surface area (TPSA) is 85.8 Å². The maximum Gasteiger partial charge on any atom is 0.227 e. The van der Waals surface area contributed by atoms with E-state index in [0.29, 0.717) is 13.1 Å². The lowest BCUT2D eigenvalue weighted by Gasteiger charge is -2.37. The molecule has 20 heavy (non-hydrogen) atoms. The lowest BCUT2D eigenvalue weighted by Crippen LogP contribution is -2.48. The number of amides is 1. The number of nitrogens with two attached hydrogens (primary N) is 1. The van der Waals surface area contributed by atoms with Crippen molar-refractivity contribution >= 4 is 5.91 Å². The molecule has 1 amide bonds. The van der Waals surface area contributed by atoms with Crippen LogP contribution in [0.5, 0.6) is 0 Å². The molecule has 0 aliphatic heterocycles. The summed E-state index contributed by atoms with van der Waals surface area (Å²) in [5.41, 5.74) is 5.55. The summed E-state index contributed by atoms with van der Waals surface area (Å²) in [5.74, 6) is 0.847. The number of carbonyl (C=O) groups is 1. The molecule has 6 nitrogen and oxygen atoms in total. The van der Waals surface area contributed by atoms with E-state index in [4.69, 9.17) is 5.73 Å². The second-order valence-corrected chi connectivity index (χ2v) is 5.94. The molecule has 6 heteroatoms. The van der Waals surface area contributed by atoms with Crippen molar-refractivity contribution in [2.24, 2.45) is 17.1 Å². The van der Waals surface area contributed by atoms with Crippen LogP contribution in [0, 0.1) is 11.3 Å². The van der Waals surface area contributed by atoms with E-state index in [1.165, 1.54) is 0 Å². The van der Waals surface area contributed by atoms with Crippen molar-refractivity contribution < 1.29 is 4.79 Å². The highest BCUT2D eigenvalue weighted by molar-refractivity contribution is 5.83. The van der Waals surface area contributed by atoms with Gasteiger partial charge in [0, 0.05) is 25.8 Å². The zero-order valence-corrected chi connectivity index (χ0v) is 12.2. The highest BCUT2D eigenvalue weighted by atomic mass is 16.2. The van der Waals surface area contributed by atoms with Crippen molar-refractivity contribution in [2.45, 2.75) is 45.6 Å². The molecule has 0 unspecified atom stereocenters. The Morgan fingerprint density at radius 2 is 2.25 bits per heavy atom. The lowest BCUT2D eigenvalue weighted by atomic mass is 9.70. The first kappa shape index (κ1) is 15.0. The molecule has 1 aliphatic carbocycles. The molecule has 3 N–H and O–H groups in total. The Morgan fingerprint density at radius 1 is 1.50 bits per heavy atom. The number of aromatic nitrogens is 3. The fourth-order valence-corrected chi connectivity index (χ4v) is 2.82. The minimum Gasteiger partial charge on any atom is -0.356 e. The van der Waals surface area contributed by atoms with Crippen LogP contribution in [-0.2, 0) is 11.3 Å². The molecule has 0 bridgehead atoms. The normalized spacial score (nSPS) is 26.4. The average molecular weight is 279 g/mol. The van der Waals surface area contributed by atoms with Gasteiger partial charge >= 0.3 is 0 Å². The Bertz CT molecular complexity index is 409. The van der Waals surface area contributed by atoms with Gasteiger partial charge in [-0.05, 0) is 38.0 Å². The summed E-state index contributed by atoms with van der Waals surface area (Å²) in [6, 6.07) is 0. The van der Waals surface area contributed by atoms with Crippen molar-refractivity contribution in [3.8, 4) is 0 Å². The van der Waals surface area contributed by atoms with Gasteiger partial charge in [-0.15, -0.1) is 5.10 Å². The number of hydrogen-bond acceptors (Lipinski definition) is 4. The van der Waals surface area contributed by atoms with Crippen molar-refractivity contribution in [3.05, 3.63) is 12.4 Å². The number of carbonyl (C=O) groups excluding carboxylic acids is 1. The van der Waals surface area contributed by atoms with E-state index in [1.807, 2.05) is 6.20 Å². The van der Waals surface area contributed by atoms with Crippen LogP contribution in [0.1, 0.15) is 39.0 Å². The first-order chi connectivity index (χ1) is 9.66. The summed E-state index contributed by atoms with van der Waals surface area (Å²) in [4.78, 5) is 12.4. The second kappa shape index (κ2) is 6.83. The summed E-state index contributed by atoms with van der Waals surface area (Å²) in [6.07, 6.45) is 8.37. The van der Waals surface area contributed by atoms with Crippen molar-refractivity contribution in [3.63, 3.8) is 0 Å². The molecular weight excluding hydrogens is 254 g/mol. The van der Waals surface area contributed by atoms with E-state index in [9.17, 15) is 4.79 Å². The van der Waals surface area contributed by atoms with E-state index >= 15 is 0 Å². The fraction of sp³-hybridized carbons (Fsp3) is 0.786. The molecule has 1 aliphatic rings. The third-order valence-electron chi connectivity index (χ3n) is 4.43. The second-order valence-electron chi connectivity index (χ2n) is 5.94. The van der Waals surface area contributed by atoms with Gasteiger partial charge in [0.2, 0.25) is 5.91 Å². The Kier molecular flexibility index (Phi) is 5.11. The van der Waals surface area contributed by atoms with Crippen LogP contribution in [-0.4, -0.2) is 34.0 Å². The summed E-state index contributed by atoms with van der Waals surface area (Å²) < 4.78 is 1.77. The lowest BCUT2D eigenvalue weighted by molar-refractivity contribution is -0.132. The van der Waals surface area contributed by atoms with Gasteiger partial charge in [-0.2, -0.15) is 0 Å². The summed E-state index contributed by atoms with van der Waals surface area (Å²) in [5, 5.41) is 10.7.